The van der Waals surface area contributed by atoms with Crippen LogP contribution in [0, 0.1) is 11.7 Å². The van der Waals surface area contributed by atoms with Gasteiger partial charge in [-0.1, -0.05) is 18.2 Å². The molecule has 1 fully saturated rings. The Labute approximate surface area is 181 Å². The lowest BCUT2D eigenvalue weighted by atomic mass is 9.93. The van der Waals surface area contributed by atoms with E-state index in [0.29, 0.717) is 36.9 Å². The molecule has 2 N–H and O–H groups in total. The molecule has 2 aromatic carbocycles. The van der Waals surface area contributed by atoms with Crippen LogP contribution in [0.15, 0.2) is 48.5 Å². The molecule has 0 aromatic heterocycles. The number of methoxy groups -OCH3 is 1. The lowest BCUT2D eigenvalue weighted by Gasteiger charge is -2.37. The molecule has 7 nitrogen and oxygen atoms in total. The number of likely N-dealkylation sites (tertiary alicyclic amines) is 1. The van der Waals surface area contributed by atoms with Gasteiger partial charge < -0.3 is 25.0 Å². The number of carbonyl (C=O) groups excluding carboxylic acids is 2. The molecule has 3 rings (SSSR count). The molecule has 2 aromatic rings. The van der Waals surface area contributed by atoms with Crippen LogP contribution < -0.4 is 15.4 Å². The van der Waals surface area contributed by atoms with E-state index in [0.717, 1.165) is 12.8 Å². The van der Waals surface area contributed by atoms with Crippen LogP contribution in [-0.2, 0) is 9.53 Å². The van der Waals surface area contributed by atoms with Crippen LogP contribution in [0.1, 0.15) is 19.8 Å². The van der Waals surface area contributed by atoms with Gasteiger partial charge >= 0.3 is 6.03 Å². The van der Waals surface area contributed by atoms with Crippen LogP contribution in [0.5, 0.6) is 11.5 Å². The smallest absolute Gasteiger partial charge is 0.322 e. The van der Waals surface area contributed by atoms with Gasteiger partial charge in [0.05, 0.1) is 18.2 Å². The average Bonchev–Trinajstić information content (AvgIpc) is 2.75. The number of hydrogen-bond donors (Lipinski definition) is 2. The zero-order chi connectivity index (χ0) is 22.2. The van der Waals surface area contributed by atoms with Gasteiger partial charge in [0, 0.05) is 32.3 Å². The summed E-state index contributed by atoms with van der Waals surface area (Å²) in [7, 11) is 1.58. The number of nitrogens with zero attached hydrogens (tertiary/aromatic N) is 1. The molecule has 1 aliphatic rings. The van der Waals surface area contributed by atoms with Crippen molar-refractivity contribution in [2.24, 2.45) is 5.92 Å². The number of carbonyl (C=O) groups is 2. The first-order valence-electron chi connectivity index (χ1n) is 10.3. The fourth-order valence-electron chi connectivity index (χ4n) is 3.53. The van der Waals surface area contributed by atoms with Crippen molar-refractivity contribution in [2.45, 2.75) is 25.8 Å². The van der Waals surface area contributed by atoms with Gasteiger partial charge in [-0.25, -0.2) is 9.18 Å². The zero-order valence-corrected chi connectivity index (χ0v) is 17.8. The molecule has 8 heteroatoms. The molecular formula is C23H28FN3O4. The Bertz CT molecular complexity index is 908. The molecule has 166 valence electrons. The molecule has 0 aliphatic carbocycles. The summed E-state index contributed by atoms with van der Waals surface area (Å²) >= 11 is 0. The van der Waals surface area contributed by atoms with Gasteiger partial charge in [-0.05, 0) is 44.0 Å². The topological polar surface area (TPSA) is 79.9 Å². The molecule has 31 heavy (non-hydrogen) atoms. The number of anilines is 1. The summed E-state index contributed by atoms with van der Waals surface area (Å²) in [6, 6.07) is 12.5. The average molecular weight is 429 g/mol. The predicted octanol–water partition coefficient (Wildman–Crippen LogP) is 4.01. The number of urea groups is 1. The number of amides is 3. The largest absolute Gasteiger partial charge is 0.455 e. The van der Waals surface area contributed by atoms with Gasteiger partial charge in [0.2, 0.25) is 5.91 Å². The maximum atomic E-state index is 13.5. The summed E-state index contributed by atoms with van der Waals surface area (Å²) in [4.78, 5) is 27.1. The van der Waals surface area contributed by atoms with E-state index < -0.39 is 5.82 Å². The Kier molecular flexibility index (Phi) is 7.83. The summed E-state index contributed by atoms with van der Waals surface area (Å²) in [6.45, 7) is 3.19. The number of benzene rings is 2. The van der Waals surface area contributed by atoms with Crippen molar-refractivity contribution in [3.05, 3.63) is 54.3 Å². The maximum absolute atomic E-state index is 13.5. The third kappa shape index (κ3) is 6.18. The van der Waals surface area contributed by atoms with Crippen molar-refractivity contribution >= 4 is 17.6 Å². The molecule has 2 atom stereocenters. The van der Waals surface area contributed by atoms with E-state index in [1.54, 1.807) is 48.4 Å². The van der Waals surface area contributed by atoms with Crippen LogP contribution in [0.25, 0.3) is 0 Å². The Morgan fingerprint density at radius 1 is 1.16 bits per heavy atom. The molecule has 0 bridgehead atoms. The van der Waals surface area contributed by atoms with Gasteiger partial charge in [0.1, 0.15) is 11.6 Å². The molecular weight excluding hydrogens is 401 g/mol. The second kappa shape index (κ2) is 10.8. The first kappa shape index (κ1) is 22.6. The third-order valence-electron chi connectivity index (χ3n) is 5.27. The fourth-order valence-corrected chi connectivity index (χ4v) is 3.53. The Balaban J connectivity index is 1.67. The van der Waals surface area contributed by atoms with Crippen molar-refractivity contribution in [3.63, 3.8) is 0 Å². The van der Waals surface area contributed by atoms with Crippen molar-refractivity contribution in [1.82, 2.24) is 10.2 Å². The normalized spacial score (nSPS) is 18.4. The van der Waals surface area contributed by atoms with E-state index in [2.05, 4.69) is 10.6 Å². The van der Waals surface area contributed by atoms with Crippen LogP contribution in [0.3, 0.4) is 0 Å². The number of hydrogen-bond acceptors (Lipinski definition) is 4. The summed E-state index contributed by atoms with van der Waals surface area (Å²) < 4.78 is 24.2. The van der Waals surface area contributed by atoms with Crippen LogP contribution >= 0.6 is 0 Å². The van der Waals surface area contributed by atoms with Gasteiger partial charge in [0.25, 0.3) is 0 Å². The monoisotopic (exact) mass is 429 g/mol. The molecule has 3 amide bonds. The standard InChI is InChI=1S/C23H28FN3O4/c1-16-10-11-17(22(28)25-12-13-30-2)15-27(16)23(29)26-20-8-3-4-9-21(20)31-19-7-5-6-18(24)14-19/h3-9,14,16-17H,10-13,15H2,1-2H3,(H,25,28)(H,26,29)/t16-,17-/m1/s1. The highest BCUT2D eigenvalue weighted by molar-refractivity contribution is 5.92. The number of piperidine rings is 1. The number of para-hydroxylation sites is 2. The molecule has 1 heterocycles. The Hall–Kier alpha value is -3.13. The summed E-state index contributed by atoms with van der Waals surface area (Å²) in [5.74, 6) is -0.00837. The third-order valence-corrected chi connectivity index (χ3v) is 5.27. The molecule has 0 unspecified atom stereocenters. The summed E-state index contributed by atoms with van der Waals surface area (Å²) in [5.41, 5.74) is 0.468. The first-order valence-corrected chi connectivity index (χ1v) is 10.3. The quantitative estimate of drug-likeness (QED) is 0.652. The maximum Gasteiger partial charge on any atom is 0.322 e. The molecule has 0 spiro atoms. The van der Waals surface area contributed by atoms with Gasteiger partial charge in [-0.2, -0.15) is 0 Å². The number of halogens is 1. The van der Waals surface area contributed by atoms with Gasteiger partial charge in [0.15, 0.2) is 5.75 Å². The van der Waals surface area contributed by atoms with Crippen LogP contribution in [-0.4, -0.2) is 49.7 Å². The fraction of sp³-hybridized carbons (Fsp3) is 0.391. The molecule has 1 aliphatic heterocycles. The van der Waals surface area contributed by atoms with E-state index in [1.807, 2.05) is 6.92 Å². The number of ether oxygens (including phenoxy) is 2. The minimum absolute atomic E-state index is 0.000625. The molecule has 0 radical (unpaired) electrons. The van der Waals surface area contributed by atoms with E-state index in [1.165, 1.54) is 12.1 Å². The Morgan fingerprint density at radius 2 is 1.97 bits per heavy atom. The number of rotatable bonds is 7. The van der Waals surface area contributed by atoms with E-state index in [4.69, 9.17) is 9.47 Å². The Morgan fingerprint density at radius 3 is 2.74 bits per heavy atom. The minimum atomic E-state index is -0.407. The van der Waals surface area contributed by atoms with Crippen molar-refractivity contribution in [1.29, 1.82) is 0 Å². The SMILES string of the molecule is COCCNC(=O)[C@@H]1CC[C@@H](C)N(C(=O)Nc2ccccc2Oc2cccc(F)c2)C1. The van der Waals surface area contributed by atoms with Crippen molar-refractivity contribution < 1.29 is 23.5 Å². The highest BCUT2D eigenvalue weighted by Gasteiger charge is 2.32. The number of nitrogens with one attached hydrogen (secondary N) is 2. The second-order valence-electron chi connectivity index (χ2n) is 7.55. The van der Waals surface area contributed by atoms with E-state index in [-0.39, 0.29) is 23.9 Å². The lowest BCUT2D eigenvalue weighted by molar-refractivity contribution is -0.126. The molecule has 0 saturated carbocycles. The summed E-state index contributed by atoms with van der Waals surface area (Å²) in [5, 5.41) is 5.72. The second-order valence-corrected chi connectivity index (χ2v) is 7.55. The van der Waals surface area contributed by atoms with Crippen molar-refractivity contribution in [3.8, 4) is 11.5 Å². The van der Waals surface area contributed by atoms with Gasteiger partial charge in [-0.3, -0.25) is 4.79 Å². The highest BCUT2D eigenvalue weighted by atomic mass is 19.1. The lowest BCUT2D eigenvalue weighted by Crippen LogP contribution is -2.51. The predicted molar refractivity (Wildman–Crippen MR) is 116 cm³/mol. The van der Waals surface area contributed by atoms with Gasteiger partial charge in [-0.15, -0.1) is 0 Å². The highest BCUT2D eigenvalue weighted by Crippen LogP contribution is 2.30. The van der Waals surface area contributed by atoms with Crippen LogP contribution in [0.4, 0.5) is 14.9 Å². The van der Waals surface area contributed by atoms with E-state index in [9.17, 15) is 14.0 Å². The van der Waals surface area contributed by atoms with Crippen LogP contribution in [0.2, 0.25) is 0 Å². The van der Waals surface area contributed by atoms with E-state index >= 15 is 0 Å². The zero-order valence-electron chi connectivity index (χ0n) is 17.8. The minimum Gasteiger partial charge on any atom is -0.455 e. The molecule has 1 saturated heterocycles. The first-order chi connectivity index (χ1) is 15.0. The summed E-state index contributed by atoms with van der Waals surface area (Å²) in [6.07, 6.45) is 1.46. The van der Waals surface area contributed by atoms with Crippen molar-refractivity contribution in [2.75, 3.05) is 32.1 Å².